The van der Waals surface area contributed by atoms with Gasteiger partial charge in [-0.15, -0.1) is 0 Å². The molecular formula is C16H22N2O2. The van der Waals surface area contributed by atoms with Gasteiger partial charge in [-0.3, -0.25) is 9.59 Å². The van der Waals surface area contributed by atoms with Gasteiger partial charge in [-0.1, -0.05) is 50.1 Å². The van der Waals surface area contributed by atoms with Crippen molar-refractivity contribution in [3.05, 3.63) is 35.9 Å². The number of benzene rings is 1. The van der Waals surface area contributed by atoms with E-state index in [1.807, 2.05) is 30.3 Å². The van der Waals surface area contributed by atoms with Crippen LogP contribution in [-0.2, 0) is 16.1 Å². The van der Waals surface area contributed by atoms with Crippen LogP contribution >= 0.6 is 0 Å². The Kier molecular flexibility index (Phi) is 5.16. The summed E-state index contributed by atoms with van der Waals surface area (Å²) in [5.74, 6) is -0.610. The fourth-order valence-electron chi connectivity index (χ4n) is 2.62. The molecule has 1 saturated carbocycles. The maximum atomic E-state index is 11.9. The molecule has 0 unspecified atom stereocenters. The molecule has 1 aliphatic rings. The van der Waals surface area contributed by atoms with Gasteiger partial charge in [0.25, 0.3) is 0 Å². The number of rotatable bonds is 3. The highest BCUT2D eigenvalue weighted by Gasteiger charge is 2.25. The summed E-state index contributed by atoms with van der Waals surface area (Å²) in [6, 6.07) is 9.71. The second kappa shape index (κ2) is 7.08. The van der Waals surface area contributed by atoms with E-state index in [1.165, 1.54) is 6.42 Å². The Bertz CT molecular complexity index is 459. The molecule has 2 N–H and O–H groups in total. The summed E-state index contributed by atoms with van der Waals surface area (Å²) < 4.78 is 0. The highest BCUT2D eigenvalue weighted by molar-refractivity contribution is 6.35. The van der Waals surface area contributed by atoms with Crippen LogP contribution in [0.3, 0.4) is 0 Å². The summed E-state index contributed by atoms with van der Waals surface area (Å²) in [6.45, 7) is 2.51. The summed E-state index contributed by atoms with van der Waals surface area (Å²) in [5, 5.41) is 5.51. The first kappa shape index (κ1) is 14.6. The maximum absolute atomic E-state index is 11.9. The normalized spacial score (nSPS) is 22.1. The predicted octanol–water partition coefficient (Wildman–Crippen LogP) is 2.00. The molecule has 108 valence electrons. The molecule has 0 heterocycles. The molecule has 2 rings (SSSR count). The van der Waals surface area contributed by atoms with Crippen molar-refractivity contribution < 1.29 is 9.59 Å². The largest absolute Gasteiger partial charge is 0.345 e. The van der Waals surface area contributed by atoms with Gasteiger partial charge in [0.2, 0.25) is 0 Å². The Labute approximate surface area is 119 Å². The van der Waals surface area contributed by atoms with Crippen LogP contribution in [0.5, 0.6) is 0 Å². The van der Waals surface area contributed by atoms with Crippen LogP contribution in [-0.4, -0.2) is 17.9 Å². The van der Waals surface area contributed by atoms with Gasteiger partial charge in [-0.2, -0.15) is 0 Å². The highest BCUT2D eigenvalue weighted by atomic mass is 16.2. The second-order valence-corrected chi connectivity index (χ2v) is 5.51. The molecule has 1 aliphatic carbocycles. The van der Waals surface area contributed by atoms with Crippen LogP contribution in [0.2, 0.25) is 0 Å². The number of carbonyl (C=O) groups is 2. The van der Waals surface area contributed by atoms with Gasteiger partial charge in [0.15, 0.2) is 0 Å². The van der Waals surface area contributed by atoms with E-state index in [-0.39, 0.29) is 6.04 Å². The van der Waals surface area contributed by atoms with E-state index in [4.69, 9.17) is 0 Å². The fraction of sp³-hybridized carbons (Fsp3) is 0.500. The summed E-state index contributed by atoms with van der Waals surface area (Å²) in [5.41, 5.74) is 0.986. The Hall–Kier alpha value is -1.84. The monoisotopic (exact) mass is 274 g/mol. The summed E-state index contributed by atoms with van der Waals surface area (Å²) >= 11 is 0. The zero-order valence-electron chi connectivity index (χ0n) is 11.9. The van der Waals surface area contributed by atoms with Crippen LogP contribution in [0.4, 0.5) is 0 Å². The van der Waals surface area contributed by atoms with Crippen molar-refractivity contribution in [1.82, 2.24) is 10.6 Å². The van der Waals surface area contributed by atoms with Crippen molar-refractivity contribution in [2.45, 2.75) is 45.2 Å². The van der Waals surface area contributed by atoms with E-state index in [2.05, 4.69) is 17.6 Å². The second-order valence-electron chi connectivity index (χ2n) is 5.51. The van der Waals surface area contributed by atoms with Crippen molar-refractivity contribution >= 4 is 11.8 Å². The molecule has 0 aromatic heterocycles. The van der Waals surface area contributed by atoms with Crippen LogP contribution < -0.4 is 10.6 Å². The van der Waals surface area contributed by atoms with Crippen LogP contribution in [0.25, 0.3) is 0 Å². The Morgan fingerprint density at radius 3 is 2.50 bits per heavy atom. The van der Waals surface area contributed by atoms with Crippen molar-refractivity contribution in [3.63, 3.8) is 0 Å². The number of carbonyl (C=O) groups excluding carboxylic acids is 2. The molecular weight excluding hydrogens is 252 g/mol. The van der Waals surface area contributed by atoms with Gasteiger partial charge in [0.05, 0.1) is 0 Å². The van der Waals surface area contributed by atoms with E-state index < -0.39 is 11.8 Å². The maximum Gasteiger partial charge on any atom is 0.309 e. The topological polar surface area (TPSA) is 58.2 Å². The first-order valence-corrected chi connectivity index (χ1v) is 7.29. The molecule has 0 saturated heterocycles. The third-order valence-corrected chi connectivity index (χ3v) is 3.93. The van der Waals surface area contributed by atoms with Gasteiger partial charge in [0.1, 0.15) is 0 Å². The first-order valence-electron chi connectivity index (χ1n) is 7.29. The third-order valence-electron chi connectivity index (χ3n) is 3.93. The van der Waals surface area contributed by atoms with Gasteiger partial charge < -0.3 is 10.6 Å². The first-order chi connectivity index (χ1) is 9.66. The summed E-state index contributed by atoms with van der Waals surface area (Å²) in [7, 11) is 0. The van der Waals surface area contributed by atoms with E-state index in [0.717, 1.165) is 24.8 Å². The molecule has 1 aromatic rings. The lowest BCUT2D eigenvalue weighted by Crippen LogP contribution is -2.47. The molecule has 1 aromatic carbocycles. The number of hydrogen-bond acceptors (Lipinski definition) is 2. The molecule has 2 atom stereocenters. The minimum atomic E-state index is -0.549. The van der Waals surface area contributed by atoms with E-state index >= 15 is 0 Å². The molecule has 1 fully saturated rings. The fourth-order valence-corrected chi connectivity index (χ4v) is 2.62. The molecule has 0 aliphatic heterocycles. The van der Waals surface area contributed by atoms with Crippen molar-refractivity contribution in [2.24, 2.45) is 5.92 Å². The van der Waals surface area contributed by atoms with E-state index in [9.17, 15) is 9.59 Å². The lowest BCUT2D eigenvalue weighted by atomic mass is 9.86. The van der Waals surface area contributed by atoms with Gasteiger partial charge in [-0.25, -0.2) is 0 Å². The van der Waals surface area contributed by atoms with Crippen molar-refractivity contribution in [3.8, 4) is 0 Å². The van der Waals surface area contributed by atoms with Crippen LogP contribution in [0.15, 0.2) is 30.3 Å². The average molecular weight is 274 g/mol. The summed E-state index contributed by atoms with van der Waals surface area (Å²) in [4.78, 5) is 23.6. The van der Waals surface area contributed by atoms with Gasteiger partial charge in [0, 0.05) is 12.6 Å². The quantitative estimate of drug-likeness (QED) is 0.828. The average Bonchev–Trinajstić information content (AvgIpc) is 2.48. The van der Waals surface area contributed by atoms with Crippen LogP contribution in [0, 0.1) is 5.92 Å². The number of amides is 2. The molecule has 4 heteroatoms. The molecule has 0 bridgehead atoms. The molecule has 0 spiro atoms. The van der Waals surface area contributed by atoms with E-state index in [1.54, 1.807) is 0 Å². The van der Waals surface area contributed by atoms with Crippen LogP contribution in [0.1, 0.15) is 38.2 Å². The smallest absolute Gasteiger partial charge is 0.309 e. The number of nitrogens with one attached hydrogen (secondary N) is 2. The standard InChI is InChI=1S/C16H22N2O2/c1-12-7-5-6-10-14(12)18-16(20)15(19)17-11-13-8-3-2-4-9-13/h2-4,8-9,12,14H,5-7,10-11H2,1H3,(H,17,19)(H,18,20)/t12-,14-/m0/s1. The Morgan fingerprint density at radius 1 is 1.10 bits per heavy atom. The predicted molar refractivity (Wildman–Crippen MR) is 77.9 cm³/mol. The SMILES string of the molecule is C[C@H]1CCCC[C@@H]1NC(=O)C(=O)NCc1ccccc1. The third kappa shape index (κ3) is 4.08. The van der Waals surface area contributed by atoms with Gasteiger partial charge in [-0.05, 0) is 24.3 Å². The Balaban J connectivity index is 1.78. The number of hydrogen-bond donors (Lipinski definition) is 2. The summed E-state index contributed by atoms with van der Waals surface area (Å²) in [6.07, 6.45) is 4.43. The minimum absolute atomic E-state index is 0.138. The lowest BCUT2D eigenvalue weighted by molar-refractivity contribution is -0.140. The van der Waals surface area contributed by atoms with E-state index in [0.29, 0.717) is 12.5 Å². The highest BCUT2D eigenvalue weighted by Crippen LogP contribution is 2.23. The zero-order chi connectivity index (χ0) is 14.4. The van der Waals surface area contributed by atoms with Crippen molar-refractivity contribution in [2.75, 3.05) is 0 Å². The molecule has 20 heavy (non-hydrogen) atoms. The minimum Gasteiger partial charge on any atom is -0.345 e. The van der Waals surface area contributed by atoms with Crippen molar-refractivity contribution in [1.29, 1.82) is 0 Å². The Morgan fingerprint density at radius 2 is 1.80 bits per heavy atom. The zero-order valence-corrected chi connectivity index (χ0v) is 11.9. The lowest BCUT2D eigenvalue weighted by Gasteiger charge is -2.29. The molecule has 2 amide bonds. The molecule has 0 radical (unpaired) electrons. The van der Waals surface area contributed by atoms with Gasteiger partial charge >= 0.3 is 11.8 Å². The molecule has 4 nitrogen and oxygen atoms in total.